The number of rotatable bonds is 5. The molecule has 136 valence electrons. The second-order valence-electron chi connectivity index (χ2n) is 5.40. The van der Waals surface area contributed by atoms with Crippen molar-refractivity contribution in [2.24, 2.45) is 0 Å². The molecule has 1 heterocycles. The van der Waals surface area contributed by atoms with Gasteiger partial charge < -0.3 is 19.3 Å². The molecule has 1 N–H and O–H groups in total. The van der Waals surface area contributed by atoms with E-state index in [2.05, 4.69) is 31.9 Å². The van der Waals surface area contributed by atoms with Crippen molar-refractivity contribution in [3.63, 3.8) is 0 Å². The Hall–Kier alpha value is -1.08. The molecule has 25 heavy (non-hydrogen) atoms. The van der Waals surface area contributed by atoms with Crippen LogP contribution in [0.2, 0.25) is 0 Å². The highest BCUT2D eigenvalue weighted by Crippen LogP contribution is 2.23. The maximum atomic E-state index is 8.87. The van der Waals surface area contributed by atoms with E-state index in [-0.39, 0.29) is 12.0 Å². The van der Waals surface area contributed by atoms with Crippen molar-refractivity contribution in [1.82, 2.24) is 0 Å². The standard InChI is InChI=1S/C13H17BrO3.C6H5BrO/c14-11-5-1-2-6-12(11)15-9-10-17-13-7-3-4-8-16-13;7-5-3-1-2-4-6(5)8/h1-2,5-6,13H,3-4,7-10H2;1-4,8H. The van der Waals surface area contributed by atoms with Gasteiger partial charge in [0.15, 0.2) is 6.29 Å². The zero-order valence-corrected chi connectivity index (χ0v) is 17.0. The van der Waals surface area contributed by atoms with Crippen LogP contribution in [0.15, 0.2) is 57.5 Å². The van der Waals surface area contributed by atoms with Crippen molar-refractivity contribution >= 4 is 31.9 Å². The Labute approximate surface area is 165 Å². The summed E-state index contributed by atoms with van der Waals surface area (Å²) < 4.78 is 18.4. The molecule has 0 spiro atoms. The Kier molecular flexibility index (Phi) is 9.32. The van der Waals surface area contributed by atoms with E-state index in [0.717, 1.165) is 34.1 Å². The highest BCUT2D eigenvalue weighted by molar-refractivity contribution is 9.10. The lowest BCUT2D eigenvalue weighted by Gasteiger charge is -2.22. The zero-order chi connectivity index (χ0) is 17.9. The van der Waals surface area contributed by atoms with E-state index < -0.39 is 0 Å². The molecule has 1 saturated heterocycles. The van der Waals surface area contributed by atoms with Gasteiger partial charge >= 0.3 is 0 Å². The van der Waals surface area contributed by atoms with Gasteiger partial charge in [0.25, 0.3) is 0 Å². The number of benzene rings is 2. The summed E-state index contributed by atoms with van der Waals surface area (Å²) in [5.41, 5.74) is 0. The van der Waals surface area contributed by atoms with Crippen LogP contribution in [-0.2, 0) is 9.47 Å². The number of phenols is 1. The molecule has 0 saturated carbocycles. The first-order valence-electron chi connectivity index (χ1n) is 8.21. The minimum atomic E-state index is -0.0356. The Morgan fingerprint density at radius 1 is 0.960 bits per heavy atom. The fraction of sp³-hybridized carbons (Fsp3) is 0.368. The van der Waals surface area contributed by atoms with Gasteiger partial charge in [-0.2, -0.15) is 0 Å². The molecular weight excluding hydrogens is 452 g/mol. The topological polar surface area (TPSA) is 47.9 Å². The zero-order valence-electron chi connectivity index (χ0n) is 13.9. The lowest BCUT2D eigenvalue weighted by molar-refractivity contribution is -0.165. The maximum absolute atomic E-state index is 8.87. The summed E-state index contributed by atoms with van der Waals surface area (Å²) in [6, 6.07) is 14.8. The molecule has 1 fully saturated rings. The van der Waals surface area contributed by atoms with Crippen LogP contribution in [0.3, 0.4) is 0 Å². The summed E-state index contributed by atoms with van der Waals surface area (Å²) in [6.45, 7) is 1.92. The third kappa shape index (κ3) is 7.77. The predicted octanol–water partition coefficient (Wildman–Crippen LogP) is 5.53. The second-order valence-corrected chi connectivity index (χ2v) is 7.11. The second kappa shape index (κ2) is 11.5. The van der Waals surface area contributed by atoms with Crippen LogP contribution in [0, 0.1) is 0 Å². The Bertz CT molecular complexity index is 609. The minimum absolute atomic E-state index is 0.0356. The van der Waals surface area contributed by atoms with Gasteiger partial charge in [-0.1, -0.05) is 24.3 Å². The Morgan fingerprint density at radius 3 is 2.28 bits per heavy atom. The Balaban J connectivity index is 0.000000236. The van der Waals surface area contributed by atoms with Crippen LogP contribution < -0.4 is 4.74 Å². The van der Waals surface area contributed by atoms with Crippen LogP contribution in [0.25, 0.3) is 0 Å². The molecule has 1 aliphatic rings. The summed E-state index contributed by atoms with van der Waals surface area (Å²) >= 11 is 6.58. The predicted molar refractivity (Wildman–Crippen MR) is 105 cm³/mol. The molecule has 6 heteroatoms. The molecule has 1 unspecified atom stereocenters. The van der Waals surface area contributed by atoms with Crippen molar-refractivity contribution in [2.45, 2.75) is 25.6 Å². The van der Waals surface area contributed by atoms with Crippen LogP contribution in [-0.4, -0.2) is 31.2 Å². The minimum Gasteiger partial charge on any atom is -0.507 e. The highest BCUT2D eigenvalue weighted by Gasteiger charge is 2.13. The maximum Gasteiger partial charge on any atom is 0.157 e. The van der Waals surface area contributed by atoms with Crippen molar-refractivity contribution in [3.05, 3.63) is 57.5 Å². The van der Waals surface area contributed by atoms with E-state index in [9.17, 15) is 0 Å². The molecule has 2 aromatic carbocycles. The summed E-state index contributed by atoms with van der Waals surface area (Å²) in [7, 11) is 0. The van der Waals surface area contributed by atoms with Gasteiger partial charge in [-0.05, 0) is 75.4 Å². The third-order valence-electron chi connectivity index (χ3n) is 3.47. The normalized spacial score (nSPS) is 16.6. The fourth-order valence-electron chi connectivity index (χ4n) is 2.19. The van der Waals surface area contributed by atoms with Crippen LogP contribution in [0.1, 0.15) is 19.3 Å². The monoisotopic (exact) mass is 472 g/mol. The van der Waals surface area contributed by atoms with Gasteiger partial charge in [0.1, 0.15) is 18.1 Å². The van der Waals surface area contributed by atoms with Crippen molar-refractivity contribution < 1.29 is 19.3 Å². The van der Waals surface area contributed by atoms with Crippen molar-refractivity contribution in [3.8, 4) is 11.5 Å². The summed E-state index contributed by atoms with van der Waals surface area (Å²) in [6.07, 6.45) is 3.30. The van der Waals surface area contributed by atoms with Gasteiger partial charge in [0, 0.05) is 6.61 Å². The van der Waals surface area contributed by atoms with Crippen LogP contribution in [0.4, 0.5) is 0 Å². The Morgan fingerprint density at radius 2 is 1.68 bits per heavy atom. The molecule has 2 aromatic rings. The van der Waals surface area contributed by atoms with Gasteiger partial charge in [-0.15, -0.1) is 0 Å². The first-order chi connectivity index (χ1) is 12.2. The van der Waals surface area contributed by atoms with E-state index >= 15 is 0 Å². The first-order valence-corrected chi connectivity index (χ1v) is 9.79. The average Bonchev–Trinajstić information content (AvgIpc) is 2.64. The summed E-state index contributed by atoms with van der Waals surface area (Å²) in [5.74, 6) is 1.13. The molecule has 3 rings (SSSR count). The average molecular weight is 474 g/mol. The van der Waals surface area contributed by atoms with Crippen LogP contribution >= 0.6 is 31.9 Å². The van der Waals surface area contributed by atoms with Crippen molar-refractivity contribution in [2.75, 3.05) is 19.8 Å². The number of hydrogen-bond acceptors (Lipinski definition) is 4. The number of phenolic OH excluding ortho intramolecular Hbond substituents is 1. The van der Waals surface area contributed by atoms with Crippen molar-refractivity contribution in [1.29, 1.82) is 0 Å². The lowest BCUT2D eigenvalue weighted by Crippen LogP contribution is -2.24. The molecule has 0 radical (unpaired) electrons. The molecule has 1 atom stereocenters. The molecule has 1 aliphatic heterocycles. The third-order valence-corrected chi connectivity index (χ3v) is 4.80. The number of para-hydroxylation sites is 2. The number of aromatic hydroxyl groups is 1. The van der Waals surface area contributed by atoms with Gasteiger partial charge in [0.05, 0.1) is 15.6 Å². The smallest absolute Gasteiger partial charge is 0.157 e. The number of halogens is 2. The SMILES string of the molecule is Brc1ccccc1OCCOC1CCCCO1.Oc1ccccc1Br. The van der Waals surface area contributed by atoms with E-state index in [1.807, 2.05) is 30.3 Å². The van der Waals surface area contributed by atoms with E-state index in [1.165, 1.54) is 6.42 Å². The van der Waals surface area contributed by atoms with E-state index in [1.54, 1.807) is 18.2 Å². The van der Waals surface area contributed by atoms with E-state index in [4.69, 9.17) is 19.3 Å². The molecule has 4 nitrogen and oxygen atoms in total. The largest absolute Gasteiger partial charge is 0.507 e. The number of hydrogen-bond donors (Lipinski definition) is 1. The highest BCUT2D eigenvalue weighted by atomic mass is 79.9. The first kappa shape index (κ1) is 20.2. The van der Waals surface area contributed by atoms with Gasteiger partial charge in [-0.25, -0.2) is 0 Å². The molecule has 0 amide bonds. The van der Waals surface area contributed by atoms with Crippen LogP contribution in [0.5, 0.6) is 11.5 Å². The number of ether oxygens (including phenoxy) is 3. The summed E-state index contributed by atoms with van der Waals surface area (Å²) in [5, 5.41) is 8.87. The van der Waals surface area contributed by atoms with E-state index in [0.29, 0.717) is 13.2 Å². The van der Waals surface area contributed by atoms with Gasteiger partial charge in [-0.3, -0.25) is 0 Å². The molecule has 0 aromatic heterocycles. The molecule has 0 bridgehead atoms. The summed E-state index contributed by atoms with van der Waals surface area (Å²) in [4.78, 5) is 0. The molecule has 0 aliphatic carbocycles. The van der Waals surface area contributed by atoms with Gasteiger partial charge in [0.2, 0.25) is 0 Å². The quantitative estimate of drug-likeness (QED) is 0.580. The fourth-order valence-corrected chi connectivity index (χ4v) is 2.87. The molecular formula is C19H22Br2O4. The lowest BCUT2D eigenvalue weighted by atomic mass is 10.2.